The van der Waals surface area contributed by atoms with Crippen LogP contribution in [0.3, 0.4) is 0 Å². The van der Waals surface area contributed by atoms with Gasteiger partial charge < -0.3 is 20.3 Å². The second-order valence-corrected chi connectivity index (χ2v) is 7.02. The Labute approximate surface area is 166 Å². The zero-order valence-corrected chi connectivity index (χ0v) is 16.7. The first-order chi connectivity index (χ1) is 13.6. The van der Waals surface area contributed by atoms with E-state index in [1.807, 2.05) is 19.1 Å². The molecule has 28 heavy (non-hydrogen) atoms. The minimum Gasteiger partial charge on any atom is -0.378 e. The first-order valence-electron chi connectivity index (χ1n) is 9.84. The minimum atomic E-state index is 0.0659. The van der Waals surface area contributed by atoms with Crippen LogP contribution >= 0.6 is 0 Å². The van der Waals surface area contributed by atoms with Gasteiger partial charge in [0.05, 0.1) is 13.2 Å². The Bertz CT molecular complexity index is 790. The molecule has 1 amide bonds. The number of hydrogen-bond acceptors (Lipinski definition) is 6. The minimum absolute atomic E-state index is 0.0659. The van der Waals surface area contributed by atoms with E-state index in [1.54, 1.807) is 0 Å². The molecule has 0 aliphatic carbocycles. The Morgan fingerprint density at radius 3 is 2.75 bits per heavy atom. The Morgan fingerprint density at radius 1 is 1.14 bits per heavy atom. The number of nitrogens with one attached hydrogen (secondary N) is 2. The van der Waals surface area contributed by atoms with Crippen LogP contribution in [0.15, 0.2) is 30.3 Å². The Kier molecular flexibility index (Phi) is 7.19. The Balaban J connectivity index is 1.41. The average Bonchev–Trinajstić information content (AvgIpc) is 2.70. The van der Waals surface area contributed by atoms with Crippen LogP contribution in [-0.2, 0) is 16.0 Å². The first kappa shape index (κ1) is 20.1. The molecule has 0 radical (unpaired) electrons. The summed E-state index contributed by atoms with van der Waals surface area (Å²) in [7, 11) is 0. The Hall–Kier alpha value is -2.67. The highest BCUT2D eigenvalue weighted by molar-refractivity contribution is 5.76. The lowest BCUT2D eigenvalue weighted by molar-refractivity contribution is -0.120. The number of amides is 1. The number of morpholine rings is 1. The fourth-order valence-electron chi connectivity index (χ4n) is 3.20. The molecule has 1 aliphatic rings. The van der Waals surface area contributed by atoms with Crippen LogP contribution in [0.2, 0.25) is 0 Å². The van der Waals surface area contributed by atoms with E-state index < -0.39 is 0 Å². The van der Waals surface area contributed by atoms with Crippen molar-refractivity contribution in [2.45, 2.75) is 26.7 Å². The molecule has 7 heteroatoms. The maximum atomic E-state index is 12.0. The van der Waals surface area contributed by atoms with Crippen LogP contribution in [0.1, 0.15) is 23.4 Å². The monoisotopic (exact) mass is 383 g/mol. The topological polar surface area (TPSA) is 79.4 Å². The van der Waals surface area contributed by atoms with Crippen molar-refractivity contribution in [3.8, 4) is 0 Å². The van der Waals surface area contributed by atoms with Crippen LogP contribution in [0, 0.1) is 13.8 Å². The van der Waals surface area contributed by atoms with Gasteiger partial charge in [0.25, 0.3) is 0 Å². The van der Waals surface area contributed by atoms with Crippen molar-refractivity contribution in [1.82, 2.24) is 15.3 Å². The van der Waals surface area contributed by atoms with Crippen molar-refractivity contribution in [3.05, 3.63) is 47.3 Å². The second-order valence-electron chi connectivity index (χ2n) is 7.02. The number of aromatic nitrogens is 2. The number of carbonyl (C=O) groups excluding carboxylic acids is 1. The molecule has 0 atom stereocenters. The lowest BCUT2D eigenvalue weighted by Gasteiger charge is -2.28. The van der Waals surface area contributed by atoms with Gasteiger partial charge in [0.15, 0.2) is 0 Å². The molecule has 1 fully saturated rings. The molecule has 2 aromatic rings. The summed E-state index contributed by atoms with van der Waals surface area (Å²) in [5.41, 5.74) is 2.42. The number of benzene rings is 1. The molecular formula is C21H29N5O2. The number of rotatable bonds is 8. The second kappa shape index (κ2) is 10.0. The van der Waals surface area contributed by atoms with Crippen molar-refractivity contribution < 1.29 is 9.53 Å². The third kappa shape index (κ3) is 6.20. The van der Waals surface area contributed by atoms with E-state index in [0.29, 0.717) is 19.5 Å². The van der Waals surface area contributed by atoms with Crippen molar-refractivity contribution in [2.75, 3.05) is 49.6 Å². The van der Waals surface area contributed by atoms with Crippen molar-refractivity contribution in [3.63, 3.8) is 0 Å². The summed E-state index contributed by atoms with van der Waals surface area (Å²) in [6.45, 7) is 8.26. The number of hydrogen-bond donors (Lipinski definition) is 2. The number of anilines is 2. The van der Waals surface area contributed by atoms with E-state index in [9.17, 15) is 4.79 Å². The van der Waals surface area contributed by atoms with Gasteiger partial charge in [0, 0.05) is 38.7 Å². The predicted octanol–water partition coefficient (Wildman–Crippen LogP) is 2.09. The molecule has 2 heterocycles. The summed E-state index contributed by atoms with van der Waals surface area (Å²) in [6.07, 6.45) is 1.26. The molecule has 0 spiro atoms. The molecule has 3 rings (SSSR count). The fourth-order valence-corrected chi connectivity index (χ4v) is 3.20. The molecule has 2 N–H and O–H groups in total. The summed E-state index contributed by atoms with van der Waals surface area (Å²) in [5, 5.41) is 6.24. The normalized spacial score (nSPS) is 14.0. The maximum absolute atomic E-state index is 12.0. The number of aryl methyl sites for hydroxylation is 3. The van der Waals surface area contributed by atoms with Crippen LogP contribution in [-0.4, -0.2) is 55.3 Å². The van der Waals surface area contributed by atoms with Gasteiger partial charge in [-0.05, 0) is 25.8 Å². The van der Waals surface area contributed by atoms with E-state index in [2.05, 4.69) is 50.6 Å². The third-order valence-electron chi connectivity index (χ3n) is 4.64. The number of ether oxygens (including phenoxy) is 1. The largest absolute Gasteiger partial charge is 0.378 e. The highest BCUT2D eigenvalue weighted by atomic mass is 16.5. The molecule has 1 aromatic carbocycles. The summed E-state index contributed by atoms with van der Waals surface area (Å²) in [6, 6.07) is 10.2. The van der Waals surface area contributed by atoms with Gasteiger partial charge in [-0.15, -0.1) is 0 Å². The first-order valence-corrected chi connectivity index (χ1v) is 9.84. The van der Waals surface area contributed by atoms with E-state index in [4.69, 9.17) is 4.74 Å². The molecule has 150 valence electrons. The smallest absolute Gasteiger partial charge is 0.220 e. The van der Waals surface area contributed by atoms with E-state index >= 15 is 0 Å². The molecule has 1 aromatic heterocycles. The lowest BCUT2D eigenvalue weighted by Crippen LogP contribution is -2.37. The van der Waals surface area contributed by atoms with Gasteiger partial charge >= 0.3 is 0 Å². The van der Waals surface area contributed by atoms with Crippen molar-refractivity contribution in [2.24, 2.45) is 0 Å². The van der Waals surface area contributed by atoms with Crippen LogP contribution in [0.4, 0.5) is 11.6 Å². The molecule has 7 nitrogen and oxygen atoms in total. The molecule has 1 aliphatic heterocycles. The van der Waals surface area contributed by atoms with Gasteiger partial charge in [-0.25, -0.2) is 9.97 Å². The van der Waals surface area contributed by atoms with E-state index in [1.165, 1.54) is 11.1 Å². The summed E-state index contributed by atoms with van der Waals surface area (Å²) >= 11 is 0. The molecule has 0 unspecified atom stereocenters. The summed E-state index contributed by atoms with van der Waals surface area (Å²) in [4.78, 5) is 23.2. The predicted molar refractivity (Wildman–Crippen MR) is 111 cm³/mol. The number of carbonyl (C=O) groups is 1. The van der Waals surface area contributed by atoms with Crippen LogP contribution in [0.5, 0.6) is 0 Å². The third-order valence-corrected chi connectivity index (χ3v) is 4.64. The maximum Gasteiger partial charge on any atom is 0.220 e. The highest BCUT2D eigenvalue weighted by Gasteiger charge is 2.14. The SMILES string of the molecule is Cc1cccc(CCC(=O)NCCNc2cc(N3CCOCC3)nc(C)n2)c1. The molecule has 0 saturated carbocycles. The average molecular weight is 383 g/mol. The fraction of sp³-hybridized carbons (Fsp3) is 0.476. The highest BCUT2D eigenvalue weighted by Crippen LogP contribution is 2.17. The van der Waals surface area contributed by atoms with Gasteiger partial charge in [0.1, 0.15) is 17.5 Å². The van der Waals surface area contributed by atoms with Crippen LogP contribution in [0.25, 0.3) is 0 Å². The summed E-state index contributed by atoms with van der Waals surface area (Å²) < 4.78 is 5.40. The van der Waals surface area contributed by atoms with Crippen molar-refractivity contribution in [1.29, 1.82) is 0 Å². The standard InChI is InChI=1S/C21H29N5O2/c1-16-4-3-5-18(14-16)6-7-21(27)23-9-8-22-19-15-20(25-17(2)24-19)26-10-12-28-13-11-26/h3-5,14-15H,6-13H2,1-2H3,(H,23,27)(H,22,24,25). The van der Waals surface area contributed by atoms with E-state index in [-0.39, 0.29) is 5.91 Å². The number of nitrogens with zero attached hydrogens (tertiary/aromatic N) is 3. The quantitative estimate of drug-likeness (QED) is 0.680. The van der Waals surface area contributed by atoms with E-state index in [0.717, 1.165) is 50.2 Å². The van der Waals surface area contributed by atoms with Gasteiger partial charge in [0.2, 0.25) is 5.91 Å². The van der Waals surface area contributed by atoms with Gasteiger partial charge in [-0.1, -0.05) is 29.8 Å². The molecule has 0 bridgehead atoms. The lowest BCUT2D eigenvalue weighted by atomic mass is 10.1. The molecular weight excluding hydrogens is 354 g/mol. The van der Waals surface area contributed by atoms with Gasteiger partial charge in [-0.2, -0.15) is 0 Å². The van der Waals surface area contributed by atoms with Gasteiger partial charge in [-0.3, -0.25) is 4.79 Å². The summed E-state index contributed by atoms with van der Waals surface area (Å²) in [5.74, 6) is 2.49. The molecule has 1 saturated heterocycles. The van der Waals surface area contributed by atoms with Crippen molar-refractivity contribution >= 4 is 17.5 Å². The Morgan fingerprint density at radius 2 is 1.96 bits per heavy atom. The van der Waals surface area contributed by atoms with Crippen LogP contribution < -0.4 is 15.5 Å². The zero-order chi connectivity index (χ0) is 19.8. The zero-order valence-electron chi connectivity index (χ0n) is 16.7.